The molecule has 3 aromatic rings. The Balaban J connectivity index is 2.17. The molecule has 0 radical (unpaired) electrons. The maximum Gasteiger partial charge on any atom is 0.267 e. The van der Waals surface area contributed by atoms with Crippen LogP contribution in [0.4, 0.5) is 4.39 Å². The van der Waals surface area contributed by atoms with Crippen LogP contribution in [0, 0.1) is 5.82 Å². The van der Waals surface area contributed by atoms with E-state index in [9.17, 15) is 24.2 Å². The van der Waals surface area contributed by atoms with Crippen molar-refractivity contribution in [3.05, 3.63) is 69.4 Å². The zero-order chi connectivity index (χ0) is 19.6. The first-order valence-corrected chi connectivity index (χ1v) is 8.28. The lowest BCUT2D eigenvalue weighted by Gasteiger charge is -2.14. The van der Waals surface area contributed by atoms with Crippen molar-refractivity contribution in [1.82, 2.24) is 14.9 Å². The molecule has 0 spiro atoms. The number of aromatic hydroxyl groups is 1. The molecule has 1 amide bonds. The molecule has 7 nitrogen and oxygen atoms in total. The van der Waals surface area contributed by atoms with E-state index in [-0.39, 0.29) is 24.5 Å². The molecule has 0 fully saturated rings. The van der Waals surface area contributed by atoms with Gasteiger partial charge < -0.3 is 20.1 Å². The first-order chi connectivity index (χ1) is 13.0. The zero-order valence-corrected chi connectivity index (χ0v) is 14.6. The standard InChI is InChI=1S/C19H18FN3O4/c1-21-18(26)15-17(25)16-14(23(6-7-24)19(15)27)9-12(10-22-16)8-11-2-4-13(20)5-3-11/h2-5,9-10,24-25H,6-8H2,1H3,(H,21,26). The Labute approximate surface area is 153 Å². The van der Waals surface area contributed by atoms with Gasteiger partial charge in [-0.1, -0.05) is 12.1 Å². The fraction of sp³-hybridized carbons (Fsp3) is 0.211. The van der Waals surface area contributed by atoms with Gasteiger partial charge in [-0.05, 0) is 35.7 Å². The maximum absolute atomic E-state index is 13.1. The van der Waals surface area contributed by atoms with Crippen LogP contribution in [-0.2, 0) is 13.0 Å². The summed E-state index contributed by atoms with van der Waals surface area (Å²) in [5, 5.41) is 22.0. The Kier molecular flexibility index (Phi) is 5.18. The number of carbonyl (C=O) groups excluding carboxylic acids is 1. The molecule has 0 aliphatic heterocycles. The number of aromatic nitrogens is 2. The van der Waals surface area contributed by atoms with Crippen molar-refractivity contribution in [2.45, 2.75) is 13.0 Å². The molecule has 2 aromatic heterocycles. The van der Waals surface area contributed by atoms with Gasteiger partial charge in [-0.15, -0.1) is 0 Å². The van der Waals surface area contributed by atoms with Crippen LogP contribution in [0.15, 0.2) is 41.3 Å². The second-order valence-electron chi connectivity index (χ2n) is 6.00. The van der Waals surface area contributed by atoms with Gasteiger partial charge in [0.25, 0.3) is 11.5 Å². The number of carbonyl (C=O) groups is 1. The van der Waals surface area contributed by atoms with Gasteiger partial charge in [0.15, 0.2) is 5.75 Å². The van der Waals surface area contributed by atoms with Crippen LogP contribution >= 0.6 is 0 Å². The summed E-state index contributed by atoms with van der Waals surface area (Å²) >= 11 is 0. The molecule has 27 heavy (non-hydrogen) atoms. The number of hydrogen-bond acceptors (Lipinski definition) is 5. The minimum absolute atomic E-state index is 0.0543. The number of benzene rings is 1. The van der Waals surface area contributed by atoms with Crippen LogP contribution in [0.1, 0.15) is 21.5 Å². The molecule has 0 aliphatic carbocycles. The van der Waals surface area contributed by atoms with E-state index >= 15 is 0 Å². The molecule has 0 atom stereocenters. The highest BCUT2D eigenvalue weighted by atomic mass is 19.1. The number of aliphatic hydroxyl groups excluding tert-OH is 1. The van der Waals surface area contributed by atoms with Crippen molar-refractivity contribution >= 4 is 16.9 Å². The number of nitrogens with one attached hydrogen (secondary N) is 1. The molecule has 1 aromatic carbocycles. The van der Waals surface area contributed by atoms with Crippen LogP contribution in [0.5, 0.6) is 5.75 Å². The van der Waals surface area contributed by atoms with E-state index in [2.05, 4.69) is 10.3 Å². The smallest absolute Gasteiger partial charge is 0.267 e. The first kappa shape index (κ1) is 18.5. The Morgan fingerprint density at radius 3 is 2.59 bits per heavy atom. The molecule has 0 aliphatic rings. The molecule has 3 N–H and O–H groups in total. The van der Waals surface area contributed by atoms with Crippen LogP contribution in [0.2, 0.25) is 0 Å². The number of amides is 1. The third-order valence-corrected chi connectivity index (χ3v) is 4.23. The van der Waals surface area contributed by atoms with Crippen molar-refractivity contribution in [3.8, 4) is 5.75 Å². The molecule has 140 valence electrons. The van der Waals surface area contributed by atoms with Crippen molar-refractivity contribution in [1.29, 1.82) is 0 Å². The summed E-state index contributed by atoms with van der Waals surface area (Å²) in [5.74, 6) is -1.57. The summed E-state index contributed by atoms with van der Waals surface area (Å²) in [7, 11) is 1.35. The quantitative estimate of drug-likeness (QED) is 0.625. The molecule has 8 heteroatoms. The van der Waals surface area contributed by atoms with Gasteiger partial charge in [0, 0.05) is 19.8 Å². The van der Waals surface area contributed by atoms with Crippen LogP contribution in [0.25, 0.3) is 11.0 Å². The van der Waals surface area contributed by atoms with E-state index < -0.39 is 22.8 Å². The van der Waals surface area contributed by atoms with E-state index in [0.29, 0.717) is 11.9 Å². The van der Waals surface area contributed by atoms with E-state index in [1.165, 1.54) is 29.9 Å². The van der Waals surface area contributed by atoms with E-state index in [1.54, 1.807) is 18.2 Å². The predicted molar refractivity (Wildman–Crippen MR) is 97.3 cm³/mol. The number of hydrogen-bond donors (Lipinski definition) is 3. The topological polar surface area (TPSA) is 104 Å². The first-order valence-electron chi connectivity index (χ1n) is 8.28. The van der Waals surface area contributed by atoms with Gasteiger partial charge >= 0.3 is 0 Å². The number of rotatable bonds is 5. The molecule has 2 heterocycles. The summed E-state index contributed by atoms with van der Waals surface area (Å²) in [6.45, 7) is -0.379. The van der Waals surface area contributed by atoms with Gasteiger partial charge in [-0.3, -0.25) is 14.6 Å². The number of nitrogens with zero attached hydrogens (tertiary/aromatic N) is 2. The minimum Gasteiger partial charge on any atom is -0.505 e. The number of aliphatic hydroxyl groups is 1. The molecular weight excluding hydrogens is 353 g/mol. The highest BCUT2D eigenvalue weighted by Crippen LogP contribution is 2.26. The lowest BCUT2D eigenvalue weighted by Crippen LogP contribution is -2.32. The highest BCUT2D eigenvalue weighted by Gasteiger charge is 2.22. The summed E-state index contributed by atoms with van der Waals surface area (Å²) in [6.07, 6.45) is 1.96. The Morgan fingerprint density at radius 1 is 1.26 bits per heavy atom. The summed E-state index contributed by atoms with van der Waals surface area (Å²) in [4.78, 5) is 28.9. The van der Waals surface area contributed by atoms with Gasteiger partial charge in [0.1, 0.15) is 16.9 Å². The van der Waals surface area contributed by atoms with Gasteiger partial charge in [0.2, 0.25) is 0 Å². The Bertz CT molecular complexity index is 1060. The van der Waals surface area contributed by atoms with Crippen molar-refractivity contribution in [2.75, 3.05) is 13.7 Å². The number of pyridine rings is 2. The molecule has 0 saturated heterocycles. The van der Waals surface area contributed by atoms with E-state index in [1.807, 2.05) is 0 Å². The molecular formula is C19H18FN3O4. The van der Waals surface area contributed by atoms with Crippen LogP contribution in [0.3, 0.4) is 0 Å². The van der Waals surface area contributed by atoms with Crippen LogP contribution in [-0.4, -0.2) is 39.3 Å². The fourth-order valence-corrected chi connectivity index (χ4v) is 2.93. The SMILES string of the molecule is CNC(=O)c1c(O)c2ncc(Cc3ccc(F)cc3)cc2n(CCO)c1=O. The molecule has 3 rings (SSSR count). The van der Waals surface area contributed by atoms with E-state index in [4.69, 9.17) is 0 Å². The Hall–Kier alpha value is -3.26. The average molecular weight is 371 g/mol. The van der Waals surface area contributed by atoms with Crippen LogP contribution < -0.4 is 10.9 Å². The van der Waals surface area contributed by atoms with Gasteiger partial charge in [0.05, 0.1) is 12.1 Å². The monoisotopic (exact) mass is 371 g/mol. The second kappa shape index (κ2) is 7.55. The van der Waals surface area contributed by atoms with E-state index in [0.717, 1.165) is 11.1 Å². The maximum atomic E-state index is 13.1. The average Bonchev–Trinajstić information content (AvgIpc) is 2.66. The van der Waals surface area contributed by atoms with Gasteiger partial charge in [-0.25, -0.2) is 4.39 Å². The fourth-order valence-electron chi connectivity index (χ4n) is 2.93. The third-order valence-electron chi connectivity index (χ3n) is 4.23. The lowest BCUT2D eigenvalue weighted by molar-refractivity contribution is 0.0958. The molecule has 0 unspecified atom stereocenters. The third kappa shape index (κ3) is 3.52. The Morgan fingerprint density at radius 2 is 1.96 bits per heavy atom. The van der Waals surface area contributed by atoms with Crippen molar-refractivity contribution in [2.24, 2.45) is 0 Å². The summed E-state index contributed by atoms with van der Waals surface area (Å²) < 4.78 is 14.3. The minimum atomic E-state index is -0.733. The normalized spacial score (nSPS) is 10.9. The largest absolute Gasteiger partial charge is 0.505 e. The predicted octanol–water partition coefficient (Wildman–Crippen LogP) is 1.18. The second-order valence-corrected chi connectivity index (χ2v) is 6.00. The summed E-state index contributed by atoms with van der Waals surface area (Å²) in [6, 6.07) is 7.66. The highest BCUT2D eigenvalue weighted by molar-refractivity contribution is 6.01. The summed E-state index contributed by atoms with van der Waals surface area (Å²) in [5.41, 5.74) is 0.835. The lowest BCUT2D eigenvalue weighted by atomic mass is 10.1. The number of fused-ring (bicyclic) bond motifs is 1. The number of halogens is 1. The molecule has 0 bridgehead atoms. The van der Waals surface area contributed by atoms with Crippen molar-refractivity contribution < 1.29 is 19.4 Å². The van der Waals surface area contributed by atoms with Gasteiger partial charge in [-0.2, -0.15) is 0 Å². The zero-order valence-electron chi connectivity index (χ0n) is 14.6. The van der Waals surface area contributed by atoms with Crippen molar-refractivity contribution in [3.63, 3.8) is 0 Å². The molecule has 0 saturated carbocycles.